The zero-order valence-electron chi connectivity index (χ0n) is 6.66. The predicted molar refractivity (Wildman–Crippen MR) is 55.5 cm³/mol. The summed E-state index contributed by atoms with van der Waals surface area (Å²) in [6.07, 6.45) is 1.37. The van der Waals surface area contributed by atoms with Crippen molar-refractivity contribution in [1.29, 1.82) is 0 Å². The number of hydrogen-bond donors (Lipinski definition) is 0. The minimum absolute atomic E-state index is 0.814. The molecule has 1 heterocycles. The first-order chi connectivity index (χ1) is 4.68. The Hall–Kier alpha value is 1.05. The highest BCUT2D eigenvalue weighted by Gasteiger charge is 2.23. The molecule has 0 radical (unpaired) electrons. The molecule has 1 fully saturated rings. The molecule has 0 bridgehead atoms. The molecule has 0 saturated carbocycles. The summed E-state index contributed by atoms with van der Waals surface area (Å²) >= 11 is 2.12. The van der Waals surface area contributed by atoms with Gasteiger partial charge in [0, 0.05) is 0 Å². The highest BCUT2D eigenvalue weighted by Crippen LogP contribution is 2.52. The summed E-state index contributed by atoms with van der Waals surface area (Å²) in [4.78, 5) is 0. The lowest BCUT2D eigenvalue weighted by Gasteiger charge is -2.08. The van der Waals surface area contributed by atoms with Gasteiger partial charge >= 0.3 is 0 Å². The molecule has 1 aliphatic rings. The van der Waals surface area contributed by atoms with Crippen molar-refractivity contribution in [2.45, 2.75) is 36.4 Å². The second-order valence-electron chi connectivity index (χ2n) is 2.96. The third-order valence-corrected chi connectivity index (χ3v) is 6.85. The first kappa shape index (κ1) is 9.14. The van der Waals surface area contributed by atoms with Gasteiger partial charge in [0.05, 0.1) is 9.16 Å². The van der Waals surface area contributed by atoms with Crippen LogP contribution in [0.3, 0.4) is 0 Å². The monoisotopic (exact) mass is 194 g/mol. The molecule has 60 valence electrons. The maximum absolute atomic E-state index is 2.30. The zero-order chi connectivity index (χ0) is 7.56. The van der Waals surface area contributed by atoms with Crippen LogP contribution in [0.15, 0.2) is 0 Å². The third kappa shape index (κ3) is 2.97. The molecule has 0 aromatic carbocycles. The topological polar surface area (TPSA) is 0 Å². The smallest absolute Gasteiger partial charge is 0.0620 e. The maximum atomic E-state index is 2.30. The van der Waals surface area contributed by atoms with Crippen molar-refractivity contribution < 1.29 is 0 Å². The van der Waals surface area contributed by atoms with Gasteiger partial charge in [0.25, 0.3) is 0 Å². The van der Waals surface area contributed by atoms with E-state index < -0.39 is 0 Å². The summed E-state index contributed by atoms with van der Waals surface area (Å²) in [7, 11) is 4.09. The van der Waals surface area contributed by atoms with Gasteiger partial charge in [-0.05, 0) is 19.3 Å². The molecular formula is C7H14S3. The van der Waals surface area contributed by atoms with Gasteiger partial charge in [0.15, 0.2) is 0 Å². The fourth-order valence-corrected chi connectivity index (χ4v) is 6.73. The van der Waals surface area contributed by atoms with Crippen molar-refractivity contribution in [2.75, 3.05) is 0 Å². The Labute approximate surface area is 75.7 Å². The highest BCUT2D eigenvalue weighted by molar-refractivity contribution is 8.82. The van der Waals surface area contributed by atoms with Crippen molar-refractivity contribution in [3.8, 4) is 0 Å². The fraction of sp³-hybridized carbons (Fsp3) is 1.00. The van der Waals surface area contributed by atoms with Gasteiger partial charge in [-0.2, -0.15) is 0 Å². The van der Waals surface area contributed by atoms with E-state index in [9.17, 15) is 0 Å². The Morgan fingerprint density at radius 1 is 1.30 bits per heavy atom. The van der Waals surface area contributed by atoms with Crippen molar-refractivity contribution in [3.05, 3.63) is 0 Å². The van der Waals surface area contributed by atoms with Crippen LogP contribution < -0.4 is 0 Å². The highest BCUT2D eigenvalue weighted by atomic mass is 33.1. The van der Waals surface area contributed by atoms with Crippen LogP contribution in [0.2, 0.25) is 0 Å². The first-order valence-corrected chi connectivity index (χ1v) is 6.88. The molecular weight excluding hydrogens is 180 g/mol. The summed E-state index contributed by atoms with van der Waals surface area (Å²) in [6.45, 7) is 6.90. The van der Waals surface area contributed by atoms with E-state index in [2.05, 4.69) is 43.3 Å². The predicted octanol–water partition coefficient (Wildman–Crippen LogP) is 3.83. The summed E-state index contributed by atoms with van der Waals surface area (Å²) in [5.74, 6) is 0.857. The first-order valence-electron chi connectivity index (χ1n) is 3.66. The Balaban J connectivity index is 2.18. The van der Waals surface area contributed by atoms with Crippen LogP contribution in [0.25, 0.3) is 0 Å². The molecule has 2 atom stereocenters. The maximum Gasteiger partial charge on any atom is 0.0620 e. The molecule has 0 spiro atoms. The van der Waals surface area contributed by atoms with Crippen LogP contribution in [0.5, 0.6) is 0 Å². The molecule has 0 nitrogen and oxygen atoms in total. The molecule has 0 aromatic heterocycles. The summed E-state index contributed by atoms with van der Waals surface area (Å²) < 4.78 is 1.67. The summed E-state index contributed by atoms with van der Waals surface area (Å²) in [5.41, 5.74) is 0. The number of rotatable bonds is 2. The molecule has 1 rings (SSSR count). The Kier molecular flexibility index (Phi) is 3.81. The van der Waals surface area contributed by atoms with Crippen molar-refractivity contribution >= 4 is 33.3 Å². The van der Waals surface area contributed by atoms with Crippen LogP contribution in [0, 0.1) is 5.92 Å². The summed E-state index contributed by atoms with van der Waals surface area (Å²) in [5, 5.41) is 0. The van der Waals surface area contributed by atoms with Crippen molar-refractivity contribution in [1.82, 2.24) is 0 Å². The fourth-order valence-electron chi connectivity index (χ4n) is 0.879. The number of thioether (sulfide) groups is 1. The van der Waals surface area contributed by atoms with Crippen LogP contribution in [-0.2, 0) is 0 Å². The third-order valence-electron chi connectivity index (χ3n) is 1.31. The normalized spacial score (nSPS) is 33.6. The van der Waals surface area contributed by atoms with Gasteiger partial charge in [-0.3, -0.25) is 0 Å². The van der Waals surface area contributed by atoms with E-state index in [4.69, 9.17) is 0 Å². The SMILES string of the molecule is CC(C)CC1SSC(C)S1. The molecule has 2 unspecified atom stereocenters. The van der Waals surface area contributed by atoms with Gasteiger partial charge < -0.3 is 0 Å². The lowest BCUT2D eigenvalue weighted by atomic mass is 10.2. The Bertz CT molecular complexity index is 103. The van der Waals surface area contributed by atoms with Crippen LogP contribution in [-0.4, -0.2) is 9.16 Å². The van der Waals surface area contributed by atoms with E-state index in [0.717, 1.165) is 15.1 Å². The van der Waals surface area contributed by atoms with Crippen LogP contribution >= 0.6 is 33.3 Å². The molecule has 10 heavy (non-hydrogen) atoms. The Morgan fingerprint density at radius 3 is 2.40 bits per heavy atom. The molecule has 0 N–H and O–H groups in total. The van der Waals surface area contributed by atoms with E-state index in [1.807, 2.05) is 10.8 Å². The lowest BCUT2D eigenvalue weighted by molar-refractivity contribution is 0.621. The van der Waals surface area contributed by atoms with Crippen LogP contribution in [0.4, 0.5) is 0 Å². The molecule has 3 heteroatoms. The van der Waals surface area contributed by atoms with E-state index in [-0.39, 0.29) is 0 Å². The quantitative estimate of drug-likeness (QED) is 0.613. The Morgan fingerprint density at radius 2 is 2.00 bits per heavy atom. The minimum atomic E-state index is 0.814. The average Bonchev–Trinajstić information content (AvgIpc) is 2.13. The van der Waals surface area contributed by atoms with Gasteiger partial charge in [0.2, 0.25) is 0 Å². The van der Waals surface area contributed by atoms with Crippen molar-refractivity contribution in [2.24, 2.45) is 5.92 Å². The molecule has 1 aliphatic heterocycles. The van der Waals surface area contributed by atoms with E-state index in [0.29, 0.717) is 0 Å². The average molecular weight is 194 g/mol. The van der Waals surface area contributed by atoms with Gasteiger partial charge in [0.1, 0.15) is 0 Å². The van der Waals surface area contributed by atoms with E-state index in [1.54, 1.807) is 0 Å². The number of hydrogen-bond acceptors (Lipinski definition) is 3. The summed E-state index contributed by atoms with van der Waals surface area (Å²) in [6, 6.07) is 0. The second-order valence-corrected chi connectivity index (χ2v) is 7.92. The zero-order valence-corrected chi connectivity index (χ0v) is 9.11. The van der Waals surface area contributed by atoms with Gasteiger partial charge in [-0.1, -0.05) is 35.4 Å². The molecule has 1 saturated heterocycles. The standard InChI is InChI=1S/C7H14S3/c1-5(2)4-7-8-6(3)9-10-7/h5-7H,4H2,1-3H3. The van der Waals surface area contributed by atoms with Crippen LogP contribution in [0.1, 0.15) is 27.2 Å². The van der Waals surface area contributed by atoms with E-state index in [1.165, 1.54) is 6.42 Å². The largest absolute Gasteiger partial charge is 0.132 e. The minimum Gasteiger partial charge on any atom is -0.132 e. The lowest BCUT2D eigenvalue weighted by Crippen LogP contribution is -1.98. The molecule has 0 aliphatic carbocycles. The molecule has 0 amide bonds. The second kappa shape index (κ2) is 4.17. The van der Waals surface area contributed by atoms with Gasteiger partial charge in [-0.15, -0.1) is 11.8 Å². The van der Waals surface area contributed by atoms with Crippen molar-refractivity contribution in [3.63, 3.8) is 0 Å². The van der Waals surface area contributed by atoms with E-state index >= 15 is 0 Å². The molecule has 0 aromatic rings. The van der Waals surface area contributed by atoms with Gasteiger partial charge in [-0.25, -0.2) is 0 Å².